The van der Waals surface area contributed by atoms with Crippen molar-refractivity contribution in [3.05, 3.63) is 136 Å². The van der Waals surface area contributed by atoms with Crippen LogP contribution in [0.15, 0.2) is 86.0 Å². The number of nitriles is 2. The van der Waals surface area contributed by atoms with E-state index < -0.39 is 66.2 Å². The maximum atomic E-state index is 14.2. The Morgan fingerprint density at radius 3 is 1.37 bits per heavy atom. The molecule has 0 aliphatic rings. The quantitative estimate of drug-likeness (QED) is 0.0787. The molecule has 0 unspecified atom stereocenters. The van der Waals surface area contributed by atoms with Gasteiger partial charge < -0.3 is 21.3 Å². The van der Waals surface area contributed by atoms with Gasteiger partial charge in [-0.25, -0.2) is 57.7 Å². The second-order valence-corrected chi connectivity index (χ2v) is 15.4. The maximum absolute atomic E-state index is 14.2. The zero-order chi connectivity index (χ0) is 55.3. The van der Waals surface area contributed by atoms with Crippen LogP contribution in [0.4, 0.5) is 67.3 Å². The van der Waals surface area contributed by atoms with Crippen LogP contribution in [0.3, 0.4) is 0 Å². The Hall–Kier alpha value is -8.33. The number of aliphatic hydroxyl groups is 2. The van der Waals surface area contributed by atoms with E-state index in [0.29, 0.717) is 22.6 Å². The van der Waals surface area contributed by atoms with Gasteiger partial charge >= 0.3 is 24.7 Å². The van der Waals surface area contributed by atoms with E-state index in [0.717, 1.165) is 6.20 Å². The number of rotatable bonds is 10. The predicted octanol–water partition coefficient (Wildman–Crippen LogP) is 7.09. The molecule has 75 heavy (non-hydrogen) atoms. The molecule has 0 spiro atoms. The minimum atomic E-state index is -6.08. The van der Waals surface area contributed by atoms with Gasteiger partial charge in [0.1, 0.15) is 64.8 Å². The lowest BCUT2D eigenvalue weighted by molar-refractivity contribution is -0.363. The number of halogens is 15. The molecule has 8 rings (SSSR count). The van der Waals surface area contributed by atoms with Gasteiger partial charge in [0.05, 0.1) is 42.7 Å². The summed E-state index contributed by atoms with van der Waals surface area (Å²) < 4.78 is 179. The number of hydrogen-bond donors (Lipinski definition) is 4. The van der Waals surface area contributed by atoms with Gasteiger partial charge in [-0.3, -0.25) is 0 Å². The summed E-state index contributed by atoms with van der Waals surface area (Å²) in [7, 11) is 0. The molecule has 0 radical (unpaired) electrons. The molecule has 0 bridgehead atoms. The number of alkyl halides is 12. The molecule has 18 nitrogen and oxygen atoms in total. The van der Waals surface area contributed by atoms with E-state index in [1.54, 1.807) is 41.8 Å². The number of aromatic nitrogens is 12. The Morgan fingerprint density at radius 2 is 1.00 bits per heavy atom. The fraction of sp³-hybridized carbons (Fsp3) is 0.238. The van der Waals surface area contributed by atoms with Gasteiger partial charge in [-0.2, -0.15) is 73.4 Å². The normalized spacial score (nSPS) is 12.3. The van der Waals surface area contributed by atoms with Gasteiger partial charge in [0.15, 0.2) is 28.1 Å². The van der Waals surface area contributed by atoms with Crippen molar-refractivity contribution in [1.29, 1.82) is 10.5 Å². The summed E-state index contributed by atoms with van der Waals surface area (Å²) in [5, 5.41) is 45.5. The first-order valence-electron chi connectivity index (χ1n) is 20.3. The molecule has 0 amide bonds. The molecule has 392 valence electrons. The van der Waals surface area contributed by atoms with Crippen LogP contribution in [-0.4, -0.2) is 118 Å². The zero-order valence-corrected chi connectivity index (χ0v) is 37.6. The van der Waals surface area contributed by atoms with Crippen LogP contribution in [0, 0.1) is 34.3 Å². The van der Waals surface area contributed by atoms with Gasteiger partial charge in [0.2, 0.25) is 0 Å². The van der Waals surface area contributed by atoms with Gasteiger partial charge in [-0.15, -0.1) is 0 Å². The monoisotopic (exact) mass is 1090 g/mol. The zero-order valence-electron chi connectivity index (χ0n) is 36.8. The van der Waals surface area contributed by atoms with E-state index in [9.17, 15) is 71.8 Å². The highest BCUT2D eigenvalue weighted by molar-refractivity contribution is 6.30. The summed E-state index contributed by atoms with van der Waals surface area (Å²) >= 11 is 5.98. The number of nitrogens with one attached hydrogen (secondary N) is 1. The smallest absolute Gasteiger partial charge is 0.373 e. The summed E-state index contributed by atoms with van der Waals surface area (Å²) in [4.78, 5) is 33.1. The first-order chi connectivity index (χ1) is 35.0. The van der Waals surface area contributed by atoms with E-state index >= 15 is 0 Å². The molecule has 0 aliphatic heterocycles. The lowest BCUT2D eigenvalue weighted by atomic mass is 10.0. The average molecular weight is 1090 g/mol. The Morgan fingerprint density at radius 1 is 0.587 bits per heavy atom. The summed E-state index contributed by atoms with van der Waals surface area (Å²) in [6.07, 6.45) is -16.0. The molecule has 0 saturated heterocycles. The minimum Gasteiger partial charge on any atom is -0.373 e. The standard InChI is InChI=1S/C21H13F7N8O.C17H9ClFN7.C4H5F6NO/c22-13-4-2-1-3-11(13)5-14-18-32-10-33-36(18)8-15(34-14)17-30-7-12(6-29)16(35-17)31-9-19(37,20(23,24)25)21(26,27)28;18-15-11(6-20)7-21-16(25-15)14-8-26-17(22-9-23-26)13(24-14)5-10-3-1-2-4-12(10)19;5-3(6,7)2(12,1-11)4(8,9)10/h1-4,7-8,10,37H,5,9H2,(H,30,31,35);1-4,7-9H,5H2;12H,1,11H2. The molecule has 8 aromatic rings. The first kappa shape index (κ1) is 56.0. The SMILES string of the molecule is N#Cc1cnc(-c2cn3ncnc3c(Cc3ccccc3F)n2)nc1Cl.N#Cc1cnc(-c2cn3ncnc3c(Cc3ccccc3F)n2)nc1NCC(O)(C(F)(F)F)C(F)(F)F.NCC(O)(C(F)(F)F)C(F)(F)F. The second-order valence-electron chi connectivity index (χ2n) is 15.1. The number of nitrogens with zero attached hydrogens (tertiary/aromatic N) is 14. The molecule has 0 aliphatic carbocycles. The Bertz CT molecular complexity index is 3400. The van der Waals surface area contributed by atoms with E-state index in [-0.39, 0.29) is 63.6 Å². The van der Waals surface area contributed by atoms with Crippen molar-refractivity contribution < 1.29 is 71.7 Å². The number of anilines is 1. The van der Waals surface area contributed by atoms with Crippen molar-refractivity contribution in [2.45, 2.75) is 48.7 Å². The number of benzene rings is 2. The lowest BCUT2D eigenvalue weighted by Gasteiger charge is -2.32. The van der Waals surface area contributed by atoms with Crippen molar-refractivity contribution in [1.82, 2.24) is 59.1 Å². The average Bonchev–Trinajstić information content (AvgIpc) is 4.04. The summed E-state index contributed by atoms with van der Waals surface area (Å²) in [6.45, 7) is -4.03. The van der Waals surface area contributed by atoms with Crippen molar-refractivity contribution in [2.75, 3.05) is 18.4 Å². The fourth-order valence-corrected chi connectivity index (χ4v) is 6.30. The van der Waals surface area contributed by atoms with Crippen LogP contribution >= 0.6 is 11.6 Å². The maximum Gasteiger partial charge on any atom is 0.428 e. The molecule has 6 aromatic heterocycles. The van der Waals surface area contributed by atoms with Crippen LogP contribution in [0.25, 0.3) is 34.3 Å². The fourth-order valence-electron chi connectivity index (χ4n) is 6.13. The predicted molar refractivity (Wildman–Crippen MR) is 228 cm³/mol. The lowest BCUT2D eigenvalue weighted by Crippen LogP contribution is -2.61. The molecule has 0 fully saturated rings. The van der Waals surface area contributed by atoms with E-state index in [1.165, 1.54) is 58.3 Å². The number of nitrogens with two attached hydrogens (primary N) is 1. The Labute approximate surface area is 413 Å². The molecule has 33 heteroatoms. The topological polar surface area (TPSA) is 264 Å². The van der Waals surface area contributed by atoms with Crippen LogP contribution in [0.1, 0.15) is 33.6 Å². The molecule has 2 aromatic carbocycles. The van der Waals surface area contributed by atoms with Gasteiger partial charge in [0, 0.05) is 19.4 Å². The minimum absolute atomic E-state index is 0.0358. The summed E-state index contributed by atoms with van der Waals surface area (Å²) in [5.41, 5.74) is -3.49. The second kappa shape index (κ2) is 21.6. The van der Waals surface area contributed by atoms with Crippen molar-refractivity contribution >= 4 is 28.7 Å². The highest BCUT2D eigenvalue weighted by Crippen LogP contribution is 2.44. The van der Waals surface area contributed by atoms with Crippen LogP contribution < -0.4 is 11.1 Å². The van der Waals surface area contributed by atoms with E-state index in [4.69, 9.17) is 22.0 Å². The van der Waals surface area contributed by atoms with Gasteiger partial charge in [0.25, 0.3) is 11.2 Å². The van der Waals surface area contributed by atoms with Crippen LogP contribution in [-0.2, 0) is 12.8 Å². The summed E-state index contributed by atoms with van der Waals surface area (Å²) in [5.74, 6) is -1.63. The van der Waals surface area contributed by atoms with E-state index in [1.807, 2.05) is 6.07 Å². The highest BCUT2D eigenvalue weighted by atomic mass is 35.5. The molecular weight excluding hydrogens is 1060 g/mol. The van der Waals surface area contributed by atoms with Crippen LogP contribution in [0.2, 0.25) is 5.15 Å². The molecule has 0 atom stereocenters. The van der Waals surface area contributed by atoms with Crippen molar-refractivity contribution in [2.24, 2.45) is 5.73 Å². The Kier molecular flexibility index (Phi) is 16.1. The molecule has 5 N–H and O–H groups in total. The third-order valence-electron chi connectivity index (χ3n) is 10.2. The van der Waals surface area contributed by atoms with E-state index in [2.05, 4.69) is 55.8 Å². The van der Waals surface area contributed by atoms with Gasteiger partial charge in [-0.05, 0) is 23.3 Å². The number of fused-ring (bicyclic) bond motifs is 2. The Balaban J connectivity index is 0.000000208. The summed E-state index contributed by atoms with van der Waals surface area (Å²) in [6, 6.07) is 15.8. The third kappa shape index (κ3) is 12.0. The molecule has 6 heterocycles. The third-order valence-corrected chi connectivity index (χ3v) is 10.5. The molecular formula is C42H27ClF14N16O2. The number of hydrogen-bond acceptors (Lipinski definition) is 16. The highest BCUT2D eigenvalue weighted by Gasteiger charge is 2.71. The molecule has 0 saturated carbocycles. The van der Waals surface area contributed by atoms with Crippen molar-refractivity contribution in [3.8, 4) is 35.2 Å². The van der Waals surface area contributed by atoms with Crippen LogP contribution in [0.5, 0.6) is 0 Å². The largest absolute Gasteiger partial charge is 0.428 e. The first-order valence-corrected chi connectivity index (χ1v) is 20.6. The van der Waals surface area contributed by atoms with Crippen molar-refractivity contribution in [3.63, 3.8) is 0 Å². The van der Waals surface area contributed by atoms with Gasteiger partial charge in [-0.1, -0.05) is 48.0 Å².